The van der Waals surface area contributed by atoms with Crippen molar-refractivity contribution >= 4 is 40.4 Å². The van der Waals surface area contributed by atoms with Gasteiger partial charge < -0.3 is 7.43 Å². The molecule has 0 saturated carbocycles. The third kappa shape index (κ3) is 17.3. The first-order valence-corrected chi connectivity index (χ1v) is 18.5. The van der Waals surface area contributed by atoms with Gasteiger partial charge in [0.25, 0.3) is 0 Å². The third-order valence-electron chi connectivity index (χ3n) is 9.28. The molecule has 0 aliphatic rings. The summed E-state index contributed by atoms with van der Waals surface area (Å²) in [5.74, 6) is 0. The molecule has 0 aromatic heterocycles. The second-order valence-corrected chi connectivity index (χ2v) is 15.0. The van der Waals surface area contributed by atoms with E-state index in [0.717, 1.165) is 0 Å². The van der Waals surface area contributed by atoms with Crippen LogP contribution in [0.15, 0.2) is 82.8 Å². The van der Waals surface area contributed by atoms with Crippen molar-refractivity contribution in [2.75, 3.05) is 0 Å². The van der Waals surface area contributed by atoms with Gasteiger partial charge in [0.05, 0.1) is 44.5 Å². The molecular weight excluding hydrogens is 1120 g/mol. The summed E-state index contributed by atoms with van der Waals surface area (Å²) in [4.78, 5) is 8.24. The monoisotopic (exact) mass is 1150 g/mol. The number of nitrogens with zero attached hydrogens (tertiary/aromatic N) is 2. The van der Waals surface area contributed by atoms with Crippen LogP contribution in [0.25, 0.3) is 0 Å². The van der Waals surface area contributed by atoms with Crippen LogP contribution in [-0.2, 0) is 74.5 Å². The molecule has 3 nitrogen and oxygen atoms in total. The maximum Gasteiger partial charge on any atom is 2.00 e. The Kier molecular flexibility index (Phi) is 21.6. The van der Waals surface area contributed by atoms with E-state index in [2.05, 4.69) is 16.6 Å². The molecule has 0 amide bonds. The number of alkyl halides is 24. The van der Waals surface area contributed by atoms with Gasteiger partial charge in [-0.25, -0.2) is 0 Å². The first kappa shape index (κ1) is 66.0. The fraction of sp³-hybridized carbons (Fsp3) is 0.333. The molecule has 0 radical (unpaired) electrons. The van der Waals surface area contributed by atoms with Crippen LogP contribution in [0.2, 0.25) is 0 Å². The zero-order valence-electron chi connectivity index (χ0n) is 36.0. The predicted molar refractivity (Wildman–Crippen MR) is 208 cm³/mol. The average Bonchev–Trinajstić information content (AvgIpc) is 3.18. The molecule has 29 heteroatoms. The van der Waals surface area contributed by atoms with E-state index < -0.39 is 195 Å². The second kappa shape index (κ2) is 23.3. The van der Waals surface area contributed by atoms with E-state index in [1.807, 2.05) is 27.7 Å². The number of benzene rings is 4. The molecule has 0 atom stereocenters. The van der Waals surface area contributed by atoms with Crippen molar-refractivity contribution in [1.29, 1.82) is 0 Å². The number of hydrogen-bond acceptors (Lipinski definition) is 2. The molecule has 0 heterocycles. The van der Waals surface area contributed by atoms with Crippen LogP contribution >= 0.6 is 0 Å². The Balaban J connectivity index is 0.00000311. The molecule has 0 aliphatic carbocycles. The van der Waals surface area contributed by atoms with E-state index in [1.165, 1.54) is 0 Å². The van der Waals surface area contributed by atoms with Crippen LogP contribution in [0, 0.1) is 14.1 Å². The van der Waals surface area contributed by atoms with Crippen molar-refractivity contribution < 1.29 is 130 Å². The van der Waals surface area contributed by atoms with Crippen LogP contribution in [0.3, 0.4) is 0 Å². The minimum absolute atomic E-state index is 0. The summed E-state index contributed by atoms with van der Waals surface area (Å²) >= 11 is 0. The maximum atomic E-state index is 14.2. The zero-order valence-corrected chi connectivity index (χ0v) is 37.6. The summed E-state index contributed by atoms with van der Waals surface area (Å²) < 4.78 is 348. The van der Waals surface area contributed by atoms with Gasteiger partial charge in [-0.15, -0.1) is 0 Å². The fourth-order valence-electron chi connectivity index (χ4n) is 6.49. The van der Waals surface area contributed by atoms with Gasteiger partial charge in [-0.05, 0) is 52.0 Å². The molecule has 0 unspecified atom stereocenters. The van der Waals surface area contributed by atoms with Crippen LogP contribution < -0.4 is 21.9 Å². The fourth-order valence-corrected chi connectivity index (χ4v) is 6.49. The summed E-state index contributed by atoms with van der Waals surface area (Å²) in [6.45, 7) is 12.7. The topological polar surface area (TPSA) is 44.6 Å². The Morgan fingerprint density at radius 3 is 0.563 bits per heavy atom. The van der Waals surface area contributed by atoms with Gasteiger partial charge in [0.1, 0.15) is 6.15 Å². The molecular formula is C42H31BF24N2OPd. The van der Waals surface area contributed by atoms with Gasteiger partial charge in [0, 0.05) is 24.5 Å². The summed E-state index contributed by atoms with van der Waals surface area (Å²) in [7, 11) is 0. The number of halogens is 24. The van der Waals surface area contributed by atoms with Gasteiger partial charge >= 0.3 is 81.1 Å². The molecule has 71 heavy (non-hydrogen) atoms. The smallest absolute Gasteiger partial charge is 0.358 e. The molecule has 4 aromatic rings. The second-order valence-electron chi connectivity index (χ2n) is 15.0. The van der Waals surface area contributed by atoms with Crippen molar-refractivity contribution in [2.45, 2.75) is 89.2 Å². The maximum absolute atomic E-state index is 14.2. The third-order valence-corrected chi connectivity index (χ3v) is 9.28. The van der Waals surface area contributed by atoms with Gasteiger partial charge in [-0.1, -0.05) is 48.5 Å². The normalized spacial score (nSPS) is 13.4. The number of rotatable bonds is 7. The van der Waals surface area contributed by atoms with Gasteiger partial charge in [0.15, 0.2) is 0 Å². The summed E-state index contributed by atoms with van der Waals surface area (Å²) in [5.41, 5.74) is -30.2. The van der Waals surface area contributed by atoms with E-state index in [1.54, 1.807) is 12.4 Å². The van der Waals surface area contributed by atoms with Crippen molar-refractivity contribution in [2.24, 2.45) is 9.98 Å². The largest absolute Gasteiger partial charge is 2.00 e. The molecule has 4 rings (SSSR count). The van der Waals surface area contributed by atoms with E-state index in [4.69, 9.17) is 4.65 Å². The van der Waals surface area contributed by atoms with Crippen LogP contribution in [0.4, 0.5) is 105 Å². The van der Waals surface area contributed by atoms with Crippen molar-refractivity contribution in [1.82, 2.24) is 0 Å². The van der Waals surface area contributed by atoms with Crippen molar-refractivity contribution in [3.05, 3.63) is 131 Å². The van der Waals surface area contributed by atoms with Crippen molar-refractivity contribution in [3.63, 3.8) is 0 Å². The first-order chi connectivity index (χ1) is 30.9. The average molecular weight is 1150 g/mol. The van der Waals surface area contributed by atoms with E-state index in [0.29, 0.717) is 12.1 Å². The molecule has 0 spiro atoms. The Morgan fingerprint density at radius 2 is 0.465 bits per heavy atom. The van der Waals surface area contributed by atoms with Gasteiger partial charge in [-0.2, -0.15) is 127 Å². The minimum Gasteiger partial charge on any atom is -0.358 e. The van der Waals surface area contributed by atoms with Crippen LogP contribution in [0.1, 0.15) is 72.2 Å². The first-order valence-electron chi connectivity index (χ1n) is 18.5. The number of aliphatic imine (C=N–C) groups is 2. The predicted octanol–water partition coefficient (Wildman–Crippen LogP) is 13.6. The Bertz CT molecular complexity index is 2030. The van der Waals surface area contributed by atoms with Gasteiger partial charge in [-0.3, -0.25) is 9.98 Å². The van der Waals surface area contributed by atoms with Crippen LogP contribution in [0.5, 0.6) is 0 Å². The summed E-state index contributed by atoms with van der Waals surface area (Å²) in [5, 5.41) is 0. The van der Waals surface area contributed by atoms with Gasteiger partial charge in [0.2, 0.25) is 0 Å². The Morgan fingerprint density at radius 1 is 0.338 bits per heavy atom. The van der Waals surface area contributed by atoms with E-state index in [-0.39, 0.29) is 27.8 Å². The molecule has 0 N–H and O–H groups in total. The minimum atomic E-state index is -6.13. The molecule has 0 fully saturated rings. The molecule has 396 valence electrons. The van der Waals surface area contributed by atoms with E-state index >= 15 is 0 Å². The quantitative estimate of drug-likeness (QED) is 0.0582. The SMILES string of the molecule is CC(C)N=CC=NC(C)C.FC(F)(F)c1cc([B-](c2cc(C(F)(F)F)cc(C(F)(F)F)c2)(c2cc(C(F)(F)F)cc(C(F)(F)F)c2)c2cc(C(F)(F)F)cc(C(F)(F)F)c2)cc(C(F)(F)F)c1.[C-]#[O+].[CH3-].[Pd+2]. The molecule has 0 aliphatic heterocycles. The number of hydrogen-bond donors (Lipinski definition) is 0. The zero-order chi connectivity index (χ0) is 53.9. The summed E-state index contributed by atoms with van der Waals surface area (Å²) in [6, 6.07) is -8.06. The molecule has 0 bridgehead atoms. The van der Waals surface area contributed by atoms with E-state index in [9.17, 15) is 105 Å². The molecule has 4 aromatic carbocycles. The Hall–Kier alpha value is -4.99. The van der Waals surface area contributed by atoms with Crippen LogP contribution in [-0.4, -0.2) is 30.7 Å². The van der Waals surface area contributed by atoms with Crippen molar-refractivity contribution in [3.8, 4) is 0 Å². The standard InChI is InChI=1S/C32H12BF24.C8H16N2.CO.CH3.Pd/c34-25(35,36)13-1-14(26(37,38)39)6-21(5-13)33(22-7-15(27(40,41)42)2-16(8-22)28(43,44)45,23-9-17(29(46,47)48)3-18(10-23)30(49,50)51)24-11-19(31(52,53)54)4-20(12-24)32(55,56)57;1-7(2)9-5-6-10-8(3)4;1-2;;/h1-12H;5-8H,1-4H3;;1H3;/q-1;;;-1;+2. The molecule has 0 saturated heterocycles. The Labute approximate surface area is 400 Å². The summed E-state index contributed by atoms with van der Waals surface area (Å²) in [6.07, 6.45) is -51.3.